The Bertz CT molecular complexity index is 510. The van der Waals surface area contributed by atoms with Crippen LogP contribution in [0.1, 0.15) is 37.3 Å². The van der Waals surface area contributed by atoms with Gasteiger partial charge >= 0.3 is 0 Å². The molecule has 2 rings (SSSR count). The number of aryl methyl sites for hydroxylation is 1. The van der Waals surface area contributed by atoms with Gasteiger partial charge in [0, 0.05) is 15.8 Å². The summed E-state index contributed by atoms with van der Waals surface area (Å²) in [6.07, 6.45) is 0. The first-order chi connectivity index (χ1) is 9.11. The first kappa shape index (κ1) is 14.3. The zero-order valence-corrected chi connectivity index (χ0v) is 13.1. The smallest absolute Gasteiger partial charge is 0.0438 e. The molecular weight excluding hydrogens is 250 g/mol. The molecule has 1 atom stereocenters. The van der Waals surface area contributed by atoms with E-state index in [4.69, 9.17) is 0 Å². The van der Waals surface area contributed by atoms with Crippen LogP contribution in [-0.4, -0.2) is 6.54 Å². The van der Waals surface area contributed by atoms with Gasteiger partial charge in [-0.15, -0.1) is 11.3 Å². The van der Waals surface area contributed by atoms with Crippen molar-refractivity contribution in [3.05, 3.63) is 46.8 Å². The number of hydrogen-bond donors (Lipinski definition) is 1. The Kier molecular flexibility index (Phi) is 4.78. The van der Waals surface area contributed by atoms with E-state index in [-0.39, 0.29) is 0 Å². The van der Waals surface area contributed by atoms with Gasteiger partial charge in [0.25, 0.3) is 0 Å². The predicted octanol–water partition coefficient (Wildman–Crippen LogP) is 5.03. The Morgan fingerprint density at radius 3 is 2.32 bits per heavy atom. The van der Waals surface area contributed by atoms with Crippen LogP contribution in [0.25, 0.3) is 10.4 Å². The van der Waals surface area contributed by atoms with Crippen molar-refractivity contribution < 1.29 is 0 Å². The molecule has 0 amide bonds. The molecule has 1 unspecified atom stereocenters. The number of hydrogen-bond acceptors (Lipinski definition) is 2. The van der Waals surface area contributed by atoms with E-state index in [2.05, 4.69) is 69.4 Å². The average Bonchev–Trinajstić information content (AvgIpc) is 2.85. The van der Waals surface area contributed by atoms with E-state index in [1.807, 2.05) is 11.3 Å². The van der Waals surface area contributed by atoms with Crippen LogP contribution in [0.5, 0.6) is 0 Å². The summed E-state index contributed by atoms with van der Waals surface area (Å²) in [6.45, 7) is 9.87. The highest BCUT2D eigenvalue weighted by Gasteiger charge is 2.16. The summed E-state index contributed by atoms with van der Waals surface area (Å²) in [5.41, 5.74) is 2.63. The summed E-state index contributed by atoms with van der Waals surface area (Å²) in [6, 6.07) is 13.8. The highest BCUT2D eigenvalue weighted by atomic mass is 32.1. The molecule has 1 N–H and O–H groups in total. The molecule has 0 bridgehead atoms. The van der Waals surface area contributed by atoms with Crippen molar-refractivity contribution in [3.63, 3.8) is 0 Å². The first-order valence-corrected chi connectivity index (χ1v) is 7.83. The Morgan fingerprint density at radius 1 is 1.05 bits per heavy atom. The topological polar surface area (TPSA) is 12.0 Å². The van der Waals surface area contributed by atoms with E-state index in [1.54, 1.807) is 0 Å². The largest absolute Gasteiger partial charge is 0.309 e. The summed E-state index contributed by atoms with van der Waals surface area (Å²) in [4.78, 5) is 2.80. The number of thiophene rings is 1. The maximum atomic E-state index is 3.58. The molecule has 1 nitrogen and oxygen atoms in total. The molecule has 2 aromatic rings. The molecule has 102 valence electrons. The van der Waals surface area contributed by atoms with E-state index in [0.717, 1.165) is 6.54 Å². The number of benzene rings is 1. The van der Waals surface area contributed by atoms with Crippen LogP contribution in [0.3, 0.4) is 0 Å². The maximum absolute atomic E-state index is 3.58. The van der Waals surface area contributed by atoms with Gasteiger partial charge in [-0.2, -0.15) is 0 Å². The SMILES string of the molecule is CCNC(c1ccc(-c2ccc(C)cc2)s1)C(C)C. The zero-order chi connectivity index (χ0) is 13.8. The molecule has 19 heavy (non-hydrogen) atoms. The zero-order valence-electron chi connectivity index (χ0n) is 12.2. The second-order valence-corrected chi connectivity index (χ2v) is 6.46. The van der Waals surface area contributed by atoms with Crippen molar-refractivity contribution in [1.29, 1.82) is 0 Å². The van der Waals surface area contributed by atoms with Crippen LogP contribution in [0.15, 0.2) is 36.4 Å². The molecule has 0 radical (unpaired) electrons. The Hall–Kier alpha value is -1.12. The molecule has 0 saturated carbocycles. The Morgan fingerprint density at radius 2 is 1.74 bits per heavy atom. The normalized spacial score (nSPS) is 12.9. The van der Waals surface area contributed by atoms with Crippen molar-refractivity contribution in [2.45, 2.75) is 33.7 Å². The molecule has 0 aliphatic rings. The molecule has 0 saturated heterocycles. The van der Waals surface area contributed by atoms with E-state index < -0.39 is 0 Å². The molecule has 1 aromatic heterocycles. The van der Waals surface area contributed by atoms with Crippen molar-refractivity contribution >= 4 is 11.3 Å². The monoisotopic (exact) mass is 273 g/mol. The third-order valence-electron chi connectivity index (χ3n) is 3.36. The van der Waals surface area contributed by atoms with Gasteiger partial charge in [0.05, 0.1) is 0 Å². The third kappa shape index (κ3) is 3.46. The third-order valence-corrected chi connectivity index (χ3v) is 4.58. The van der Waals surface area contributed by atoms with Gasteiger partial charge in [-0.1, -0.05) is 50.6 Å². The van der Waals surface area contributed by atoms with Gasteiger partial charge in [-0.3, -0.25) is 0 Å². The quantitative estimate of drug-likeness (QED) is 0.805. The van der Waals surface area contributed by atoms with Gasteiger partial charge in [-0.05, 0) is 37.1 Å². The van der Waals surface area contributed by atoms with Gasteiger partial charge in [0.2, 0.25) is 0 Å². The van der Waals surface area contributed by atoms with Crippen molar-refractivity contribution in [2.75, 3.05) is 6.54 Å². The van der Waals surface area contributed by atoms with Crippen molar-refractivity contribution in [2.24, 2.45) is 5.92 Å². The lowest BCUT2D eigenvalue weighted by molar-refractivity contribution is 0.428. The fourth-order valence-electron chi connectivity index (χ4n) is 2.28. The standard InChI is InChI=1S/C17H23NS/c1-5-18-17(12(2)3)16-11-10-15(19-16)14-8-6-13(4)7-9-14/h6-12,17-18H,5H2,1-4H3. The molecule has 0 fully saturated rings. The Balaban J connectivity index is 2.24. The highest BCUT2D eigenvalue weighted by Crippen LogP contribution is 2.34. The fraction of sp³-hybridized carbons (Fsp3) is 0.412. The number of rotatable bonds is 5. The van der Waals surface area contributed by atoms with Crippen LogP contribution >= 0.6 is 11.3 Å². The van der Waals surface area contributed by atoms with E-state index in [9.17, 15) is 0 Å². The van der Waals surface area contributed by atoms with Crippen LogP contribution in [0.2, 0.25) is 0 Å². The van der Waals surface area contributed by atoms with Gasteiger partial charge in [0.1, 0.15) is 0 Å². The van der Waals surface area contributed by atoms with Gasteiger partial charge in [0.15, 0.2) is 0 Å². The summed E-state index contributed by atoms with van der Waals surface area (Å²) in [5, 5.41) is 3.58. The minimum absolute atomic E-state index is 0.467. The van der Waals surface area contributed by atoms with Crippen molar-refractivity contribution in [3.8, 4) is 10.4 Å². The molecule has 1 heterocycles. The summed E-state index contributed by atoms with van der Waals surface area (Å²) < 4.78 is 0. The van der Waals surface area contributed by atoms with Crippen LogP contribution in [-0.2, 0) is 0 Å². The van der Waals surface area contributed by atoms with Gasteiger partial charge in [-0.25, -0.2) is 0 Å². The van der Waals surface area contributed by atoms with E-state index >= 15 is 0 Å². The lowest BCUT2D eigenvalue weighted by atomic mass is 10.0. The number of nitrogens with one attached hydrogen (secondary N) is 1. The summed E-state index contributed by atoms with van der Waals surface area (Å²) in [5.74, 6) is 0.615. The minimum atomic E-state index is 0.467. The molecule has 1 aromatic carbocycles. The van der Waals surface area contributed by atoms with Crippen LogP contribution in [0.4, 0.5) is 0 Å². The summed E-state index contributed by atoms with van der Waals surface area (Å²) in [7, 11) is 0. The lowest BCUT2D eigenvalue weighted by Gasteiger charge is -2.20. The second kappa shape index (κ2) is 6.36. The first-order valence-electron chi connectivity index (χ1n) is 7.02. The highest BCUT2D eigenvalue weighted by molar-refractivity contribution is 7.15. The molecule has 2 heteroatoms. The molecule has 0 aliphatic heterocycles. The molecule has 0 spiro atoms. The summed E-state index contributed by atoms with van der Waals surface area (Å²) >= 11 is 1.91. The van der Waals surface area contributed by atoms with Crippen molar-refractivity contribution in [1.82, 2.24) is 5.32 Å². The average molecular weight is 273 g/mol. The van der Waals surface area contributed by atoms with E-state index in [1.165, 1.54) is 20.9 Å². The Labute approximate surface area is 120 Å². The second-order valence-electron chi connectivity index (χ2n) is 5.35. The van der Waals surface area contributed by atoms with Crippen LogP contribution in [0, 0.1) is 12.8 Å². The van der Waals surface area contributed by atoms with Crippen LogP contribution < -0.4 is 5.32 Å². The molecular formula is C17H23NS. The predicted molar refractivity (Wildman–Crippen MR) is 85.7 cm³/mol. The van der Waals surface area contributed by atoms with Gasteiger partial charge < -0.3 is 5.32 Å². The lowest BCUT2D eigenvalue weighted by Crippen LogP contribution is -2.24. The maximum Gasteiger partial charge on any atom is 0.0438 e. The molecule has 0 aliphatic carbocycles. The van der Waals surface area contributed by atoms with E-state index in [0.29, 0.717) is 12.0 Å². The minimum Gasteiger partial charge on any atom is -0.309 e. The fourth-order valence-corrected chi connectivity index (χ4v) is 3.54.